The Morgan fingerprint density at radius 2 is 2.33 bits per heavy atom. The van der Waals surface area contributed by atoms with Crippen LogP contribution >= 0.6 is 11.5 Å². The average molecular weight is 303 g/mol. The fraction of sp³-hybridized carbons (Fsp3) is 0.500. The van der Waals surface area contributed by atoms with Crippen molar-refractivity contribution in [3.8, 4) is 0 Å². The van der Waals surface area contributed by atoms with Crippen LogP contribution in [0.25, 0.3) is 0 Å². The Balaban J connectivity index is 1.89. The summed E-state index contributed by atoms with van der Waals surface area (Å²) in [6, 6.07) is 0.0108. The zero-order valence-corrected chi connectivity index (χ0v) is 12.9. The largest absolute Gasteiger partial charge is 0.329 e. The summed E-state index contributed by atoms with van der Waals surface area (Å²) in [5, 5.41) is 4.03. The Morgan fingerprint density at radius 1 is 1.48 bits per heavy atom. The average Bonchev–Trinajstić information content (AvgIpc) is 3.15. The van der Waals surface area contributed by atoms with Gasteiger partial charge in [-0.25, -0.2) is 0 Å². The van der Waals surface area contributed by atoms with Crippen molar-refractivity contribution in [3.05, 3.63) is 34.4 Å². The topological polar surface area (TPSA) is 71.9 Å². The number of carbonyl (C=O) groups is 1. The highest BCUT2D eigenvalue weighted by Crippen LogP contribution is 2.32. The van der Waals surface area contributed by atoms with Crippen molar-refractivity contribution in [1.29, 1.82) is 0 Å². The molecule has 0 saturated carbocycles. The molecule has 0 bridgehead atoms. The van der Waals surface area contributed by atoms with Crippen LogP contribution in [-0.4, -0.2) is 36.9 Å². The van der Waals surface area contributed by atoms with Gasteiger partial charge in [0.15, 0.2) is 0 Å². The molecule has 0 unspecified atom stereocenters. The van der Waals surface area contributed by atoms with Gasteiger partial charge in [-0.2, -0.15) is 0 Å². The van der Waals surface area contributed by atoms with Crippen molar-refractivity contribution in [1.82, 2.24) is 24.5 Å². The van der Waals surface area contributed by atoms with E-state index in [2.05, 4.69) is 19.6 Å². The Bertz CT molecular complexity index is 656. The van der Waals surface area contributed by atoms with Crippen LogP contribution in [0.2, 0.25) is 0 Å². The van der Waals surface area contributed by atoms with Gasteiger partial charge in [-0.05, 0) is 37.7 Å². The van der Waals surface area contributed by atoms with E-state index in [4.69, 9.17) is 0 Å². The van der Waals surface area contributed by atoms with E-state index in [-0.39, 0.29) is 11.9 Å². The summed E-state index contributed by atoms with van der Waals surface area (Å²) in [6.45, 7) is 4.65. The zero-order chi connectivity index (χ0) is 14.8. The molecule has 7 heteroatoms. The molecule has 6 nitrogen and oxygen atoms in total. The molecule has 0 aromatic carbocycles. The minimum absolute atomic E-state index is 0.0108. The molecule has 110 valence electrons. The lowest BCUT2D eigenvalue weighted by molar-refractivity contribution is 0.0736. The van der Waals surface area contributed by atoms with Gasteiger partial charge in [-0.1, -0.05) is 11.4 Å². The molecule has 3 rings (SSSR count). The van der Waals surface area contributed by atoms with Gasteiger partial charge in [0.25, 0.3) is 5.91 Å². The molecular weight excluding hydrogens is 286 g/mol. The van der Waals surface area contributed by atoms with Crippen LogP contribution in [0.5, 0.6) is 0 Å². The number of likely N-dealkylation sites (tertiary alicyclic amines) is 1. The van der Waals surface area contributed by atoms with Gasteiger partial charge in [0.05, 0.1) is 29.3 Å². The summed E-state index contributed by atoms with van der Waals surface area (Å²) in [6.07, 6.45) is 6.12. The first-order chi connectivity index (χ1) is 10.2. The fourth-order valence-electron chi connectivity index (χ4n) is 2.69. The summed E-state index contributed by atoms with van der Waals surface area (Å²) >= 11 is 1.18. The molecule has 1 fully saturated rings. The monoisotopic (exact) mass is 303 g/mol. The maximum absolute atomic E-state index is 12.8. The molecule has 0 radical (unpaired) electrons. The van der Waals surface area contributed by atoms with E-state index >= 15 is 0 Å². The number of aromatic nitrogens is 4. The first kappa shape index (κ1) is 14.1. The quantitative estimate of drug-likeness (QED) is 0.869. The minimum atomic E-state index is 0.0108. The lowest BCUT2D eigenvalue weighted by Crippen LogP contribution is -2.31. The molecule has 21 heavy (non-hydrogen) atoms. The number of aryl methyl sites for hydroxylation is 2. The lowest BCUT2D eigenvalue weighted by Gasteiger charge is -2.23. The molecule has 0 spiro atoms. The summed E-state index contributed by atoms with van der Waals surface area (Å²) < 4.78 is 3.91. The second kappa shape index (κ2) is 5.85. The molecule has 2 aromatic rings. The van der Waals surface area contributed by atoms with Crippen molar-refractivity contribution in [2.24, 2.45) is 0 Å². The van der Waals surface area contributed by atoms with E-state index in [1.54, 1.807) is 12.4 Å². The summed E-state index contributed by atoms with van der Waals surface area (Å²) in [5.74, 6) is 0.0210. The Kier molecular flexibility index (Phi) is 3.92. The van der Waals surface area contributed by atoms with Crippen LogP contribution in [0.3, 0.4) is 0 Å². The zero-order valence-electron chi connectivity index (χ0n) is 12.1. The van der Waals surface area contributed by atoms with E-state index in [9.17, 15) is 4.79 Å². The molecular formula is C14H17N5OS. The molecule has 2 aromatic heterocycles. The van der Waals surface area contributed by atoms with E-state index in [0.29, 0.717) is 4.88 Å². The predicted octanol–water partition coefficient (Wildman–Crippen LogP) is 2.18. The number of rotatable bonds is 3. The Morgan fingerprint density at radius 3 is 3.10 bits per heavy atom. The van der Waals surface area contributed by atoms with Gasteiger partial charge >= 0.3 is 0 Å². The number of hydrogen-bond acceptors (Lipinski definition) is 6. The standard InChI is InChI=1S/C14H17N5OS/c1-3-10-13(21-18-17-10)14(20)19-6-4-5-12(19)11-8-15-7-9(2)16-11/h7-8,12H,3-6H2,1-2H3/t12-/m0/s1. The van der Waals surface area contributed by atoms with Crippen molar-refractivity contribution in [2.45, 2.75) is 39.2 Å². The third-order valence-electron chi connectivity index (χ3n) is 3.71. The summed E-state index contributed by atoms with van der Waals surface area (Å²) in [4.78, 5) is 24.0. The maximum Gasteiger partial charge on any atom is 0.268 e. The third-order valence-corrected chi connectivity index (χ3v) is 4.47. The van der Waals surface area contributed by atoms with Crippen molar-refractivity contribution in [3.63, 3.8) is 0 Å². The number of hydrogen-bond donors (Lipinski definition) is 0. The smallest absolute Gasteiger partial charge is 0.268 e. The molecule has 1 saturated heterocycles. The minimum Gasteiger partial charge on any atom is -0.329 e. The van der Waals surface area contributed by atoms with Crippen LogP contribution in [0.1, 0.15) is 52.6 Å². The summed E-state index contributed by atoms with van der Waals surface area (Å²) in [5.41, 5.74) is 2.53. The van der Waals surface area contributed by atoms with Gasteiger partial charge in [0.2, 0.25) is 0 Å². The summed E-state index contributed by atoms with van der Waals surface area (Å²) in [7, 11) is 0. The molecule has 0 N–H and O–H groups in total. The highest BCUT2D eigenvalue weighted by Gasteiger charge is 2.33. The van der Waals surface area contributed by atoms with Crippen molar-refractivity contribution < 1.29 is 4.79 Å². The Hall–Kier alpha value is -1.89. The highest BCUT2D eigenvalue weighted by atomic mass is 32.1. The fourth-order valence-corrected chi connectivity index (χ4v) is 3.40. The SMILES string of the molecule is CCc1nnsc1C(=O)N1CCC[C@H]1c1cncc(C)n1. The Labute approximate surface area is 127 Å². The van der Waals surface area contributed by atoms with Crippen LogP contribution in [-0.2, 0) is 6.42 Å². The first-order valence-corrected chi connectivity index (χ1v) is 7.88. The molecule has 3 heterocycles. The highest BCUT2D eigenvalue weighted by molar-refractivity contribution is 7.08. The van der Waals surface area contributed by atoms with Gasteiger partial charge < -0.3 is 4.90 Å². The molecule has 1 aliphatic rings. The van der Waals surface area contributed by atoms with Gasteiger partial charge in [0, 0.05) is 12.7 Å². The second-order valence-corrected chi connectivity index (χ2v) is 5.90. The van der Waals surface area contributed by atoms with Gasteiger partial charge in [-0.3, -0.25) is 14.8 Å². The van der Waals surface area contributed by atoms with Crippen LogP contribution in [0.15, 0.2) is 12.4 Å². The lowest BCUT2D eigenvalue weighted by atomic mass is 10.1. The number of nitrogens with zero attached hydrogens (tertiary/aromatic N) is 5. The predicted molar refractivity (Wildman–Crippen MR) is 79.1 cm³/mol. The van der Waals surface area contributed by atoms with Crippen molar-refractivity contribution >= 4 is 17.4 Å². The maximum atomic E-state index is 12.8. The number of amides is 1. The van der Waals surface area contributed by atoms with E-state index in [1.165, 1.54) is 11.5 Å². The first-order valence-electron chi connectivity index (χ1n) is 7.11. The van der Waals surface area contributed by atoms with Gasteiger partial charge in [-0.15, -0.1) is 5.10 Å². The van der Waals surface area contributed by atoms with Crippen molar-refractivity contribution in [2.75, 3.05) is 6.54 Å². The molecule has 1 amide bonds. The van der Waals surface area contributed by atoms with Crippen LogP contribution in [0, 0.1) is 6.92 Å². The van der Waals surface area contributed by atoms with E-state index < -0.39 is 0 Å². The second-order valence-electron chi connectivity index (χ2n) is 5.14. The molecule has 1 aliphatic heterocycles. The normalized spacial score (nSPS) is 18.2. The van der Waals surface area contributed by atoms with Crippen LogP contribution in [0.4, 0.5) is 0 Å². The third kappa shape index (κ3) is 2.65. The van der Waals surface area contributed by atoms with Crippen LogP contribution < -0.4 is 0 Å². The number of carbonyl (C=O) groups excluding carboxylic acids is 1. The molecule has 0 aliphatic carbocycles. The van der Waals surface area contributed by atoms with Gasteiger partial charge in [0.1, 0.15) is 4.88 Å². The van der Waals surface area contributed by atoms with E-state index in [1.807, 2.05) is 18.7 Å². The van der Waals surface area contributed by atoms with E-state index in [0.717, 1.165) is 42.9 Å². The molecule has 1 atom stereocenters.